The van der Waals surface area contributed by atoms with Gasteiger partial charge in [-0.25, -0.2) is 0 Å². The Morgan fingerprint density at radius 1 is 1.58 bits per heavy atom. The Morgan fingerprint density at radius 2 is 2.25 bits per heavy atom. The Hall–Kier alpha value is -1.13. The summed E-state index contributed by atoms with van der Waals surface area (Å²) in [7, 11) is 0. The number of aliphatic hydroxyl groups excluding tert-OH is 1. The maximum Gasteiger partial charge on any atom is 0.269 e. The lowest BCUT2D eigenvalue weighted by Crippen LogP contribution is -1.91. The van der Waals surface area contributed by atoms with E-state index in [1.54, 1.807) is 0 Å². The summed E-state index contributed by atoms with van der Waals surface area (Å²) < 4.78 is 0. The van der Waals surface area contributed by atoms with Gasteiger partial charge in [0, 0.05) is 17.7 Å². The van der Waals surface area contributed by atoms with Gasteiger partial charge >= 0.3 is 0 Å². The number of rotatable bonds is 2. The maximum absolute atomic E-state index is 10.3. The summed E-state index contributed by atoms with van der Waals surface area (Å²) in [5.41, 5.74) is -0.942. The number of hydrogen-bond donors (Lipinski definition) is 1. The summed E-state index contributed by atoms with van der Waals surface area (Å²) in [6.07, 6.45) is 0. The first kappa shape index (κ1) is 8.96. The topological polar surface area (TPSA) is 63.4 Å². The fraction of sp³-hybridized carbons (Fsp3) is 0.143. The van der Waals surface area contributed by atoms with E-state index in [0.29, 0.717) is 5.56 Å². The molecule has 0 fully saturated rings. The molecule has 0 bridgehead atoms. The molecule has 0 saturated heterocycles. The van der Waals surface area contributed by atoms with Crippen LogP contribution in [0.5, 0.6) is 0 Å². The van der Waals surface area contributed by atoms with E-state index in [1.165, 1.54) is 24.3 Å². The van der Waals surface area contributed by atoms with Crippen molar-refractivity contribution in [3.8, 4) is 0 Å². The van der Waals surface area contributed by atoms with Crippen LogP contribution in [0.3, 0.4) is 0 Å². The number of alkyl halides is 1. The Kier molecular flexibility index (Phi) is 2.62. The first-order valence-electron chi connectivity index (χ1n) is 3.18. The van der Waals surface area contributed by atoms with Gasteiger partial charge in [-0.3, -0.25) is 10.1 Å². The first-order chi connectivity index (χ1) is 5.61. The molecule has 0 aliphatic carbocycles. The maximum atomic E-state index is 10.3. The summed E-state index contributed by atoms with van der Waals surface area (Å²) in [5.74, 6) is 0. The highest BCUT2D eigenvalue weighted by atomic mass is 35.5. The third-order valence-electron chi connectivity index (χ3n) is 1.36. The molecule has 1 unspecified atom stereocenters. The lowest BCUT2D eigenvalue weighted by atomic mass is 10.2. The van der Waals surface area contributed by atoms with Crippen molar-refractivity contribution in [3.05, 3.63) is 39.9 Å². The molecule has 0 aromatic heterocycles. The quantitative estimate of drug-likeness (QED) is 0.436. The lowest BCUT2D eigenvalue weighted by molar-refractivity contribution is -0.384. The van der Waals surface area contributed by atoms with Crippen LogP contribution in [0.4, 0.5) is 5.69 Å². The van der Waals surface area contributed by atoms with Crippen LogP contribution in [0, 0.1) is 10.1 Å². The monoisotopic (exact) mass is 187 g/mol. The van der Waals surface area contributed by atoms with E-state index in [9.17, 15) is 10.1 Å². The van der Waals surface area contributed by atoms with Crippen molar-refractivity contribution in [1.29, 1.82) is 0 Å². The van der Waals surface area contributed by atoms with Crippen LogP contribution in [0.2, 0.25) is 0 Å². The molecule has 64 valence electrons. The molecule has 4 nitrogen and oxygen atoms in total. The van der Waals surface area contributed by atoms with Gasteiger partial charge in [0.15, 0.2) is 5.56 Å². The minimum Gasteiger partial charge on any atom is -0.373 e. The average molecular weight is 188 g/mol. The zero-order chi connectivity index (χ0) is 9.14. The number of hydrogen-bond acceptors (Lipinski definition) is 3. The molecule has 5 heteroatoms. The van der Waals surface area contributed by atoms with Gasteiger partial charge < -0.3 is 5.11 Å². The van der Waals surface area contributed by atoms with E-state index in [2.05, 4.69) is 0 Å². The van der Waals surface area contributed by atoms with Gasteiger partial charge in [0.05, 0.1) is 4.92 Å². The predicted molar refractivity (Wildman–Crippen MR) is 43.9 cm³/mol. The van der Waals surface area contributed by atoms with Gasteiger partial charge in [-0.1, -0.05) is 23.7 Å². The van der Waals surface area contributed by atoms with Crippen LogP contribution in [0.15, 0.2) is 24.3 Å². The van der Waals surface area contributed by atoms with Crippen LogP contribution in [-0.2, 0) is 0 Å². The number of halogens is 1. The molecule has 0 aliphatic rings. The Balaban J connectivity index is 3.04. The second-order valence-electron chi connectivity index (χ2n) is 2.19. The molecule has 0 aliphatic heterocycles. The third kappa shape index (κ3) is 1.93. The van der Waals surface area contributed by atoms with E-state index >= 15 is 0 Å². The molecule has 0 saturated carbocycles. The van der Waals surface area contributed by atoms with E-state index in [0.717, 1.165) is 0 Å². The minimum atomic E-state index is -1.19. The summed E-state index contributed by atoms with van der Waals surface area (Å²) in [5, 5.41) is 19.1. The number of nitro benzene ring substituents is 1. The van der Waals surface area contributed by atoms with E-state index in [4.69, 9.17) is 16.7 Å². The molecule has 0 radical (unpaired) electrons. The fourth-order valence-electron chi connectivity index (χ4n) is 0.787. The molecule has 0 heterocycles. The van der Waals surface area contributed by atoms with Crippen molar-refractivity contribution in [1.82, 2.24) is 0 Å². The summed E-state index contributed by atoms with van der Waals surface area (Å²) in [6, 6.07) is 5.56. The molecule has 1 aromatic rings. The van der Waals surface area contributed by atoms with Crippen LogP contribution in [-0.4, -0.2) is 10.0 Å². The Bertz CT molecular complexity index is 300. The molecular formula is C7H6ClNO3. The van der Waals surface area contributed by atoms with Gasteiger partial charge in [-0.15, -0.1) is 0 Å². The summed E-state index contributed by atoms with van der Waals surface area (Å²) >= 11 is 5.31. The van der Waals surface area contributed by atoms with Gasteiger partial charge in [0.25, 0.3) is 5.69 Å². The van der Waals surface area contributed by atoms with E-state index in [-0.39, 0.29) is 5.69 Å². The van der Waals surface area contributed by atoms with Gasteiger partial charge in [-0.2, -0.15) is 0 Å². The number of aliphatic hydroxyl groups is 1. The average Bonchev–Trinajstić information content (AvgIpc) is 2.04. The molecule has 12 heavy (non-hydrogen) atoms. The third-order valence-corrected chi connectivity index (χ3v) is 1.61. The lowest BCUT2D eigenvalue weighted by Gasteiger charge is -2.00. The van der Waals surface area contributed by atoms with Crippen LogP contribution in [0.25, 0.3) is 0 Å². The molecule has 1 atom stereocenters. The second-order valence-corrected chi connectivity index (χ2v) is 2.60. The second kappa shape index (κ2) is 3.51. The molecule has 0 spiro atoms. The van der Waals surface area contributed by atoms with Crippen molar-refractivity contribution >= 4 is 17.3 Å². The molecule has 1 aromatic carbocycles. The van der Waals surface area contributed by atoms with Crippen molar-refractivity contribution < 1.29 is 10.0 Å². The number of non-ortho nitro benzene ring substituents is 1. The van der Waals surface area contributed by atoms with Crippen molar-refractivity contribution in [2.24, 2.45) is 0 Å². The van der Waals surface area contributed by atoms with E-state index < -0.39 is 10.5 Å². The number of nitro groups is 1. The smallest absolute Gasteiger partial charge is 0.269 e. The highest BCUT2D eigenvalue weighted by Crippen LogP contribution is 2.21. The van der Waals surface area contributed by atoms with Crippen LogP contribution < -0.4 is 0 Å². The van der Waals surface area contributed by atoms with Gasteiger partial charge in [0.1, 0.15) is 0 Å². The van der Waals surface area contributed by atoms with Crippen molar-refractivity contribution in [2.45, 2.75) is 5.56 Å². The zero-order valence-corrected chi connectivity index (χ0v) is 6.73. The predicted octanol–water partition coefficient (Wildman–Crippen LogP) is 1.82. The molecule has 1 N–H and O–H groups in total. The van der Waals surface area contributed by atoms with Crippen LogP contribution in [0.1, 0.15) is 11.1 Å². The van der Waals surface area contributed by atoms with E-state index in [1.807, 2.05) is 0 Å². The Labute approximate surface area is 73.5 Å². The summed E-state index contributed by atoms with van der Waals surface area (Å²) in [6.45, 7) is 0. The normalized spacial score (nSPS) is 12.5. The van der Waals surface area contributed by atoms with Crippen LogP contribution >= 0.6 is 11.6 Å². The molecule has 1 rings (SSSR count). The van der Waals surface area contributed by atoms with Crippen molar-refractivity contribution in [3.63, 3.8) is 0 Å². The van der Waals surface area contributed by atoms with Crippen molar-refractivity contribution in [2.75, 3.05) is 0 Å². The number of benzene rings is 1. The highest BCUT2D eigenvalue weighted by Gasteiger charge is 2.08. The number of nitrogens with zero attached hydrogens (tertiary/aromatic N) is 1. The highest BCUT2D eigenvalue weighted by molar-refractivity contribution is 6.19. The zero-order valence-electron chi connectivity index (χ0n) is 5.98. The van der Waals surface area contributed by atoms with Gasteiger partial charge in [0.2, 0.25) is 0 Å². The largest absolute Gasteiger partial charge is 0.373 e. The molecular weight excluding hydrogens is 182 g/mol. The Morgan fingerprint density at radius 3 is 2.75 bits per heavy atom. The minimum absolute atomic E-state index is 0.0767. The SMILES string of the molecule is O=[N+]([O-])c1cccc(C(O)Cl)c1. The fourth-order valence-corrected chi connectivity index (χ4v) is 0.922. The first-order valence-corrected chi connectivity index (χ1v) is 3.61. The standard InChI is InChI=1S/C7H6ClNO3/c8-7(10)5-2-1-3-6(4-5)9(11)12/h1-4,7,10H. The van der Waals surface area contributed by atoms with Gasteiger partial charge in [-0.05, 0) is 0 Å². The molecule has 0 amide bonds. The summed E-state index contributed by atoms with van der Waals surface area (Å²) in [4.78, 5) is 9.72.